The third-order valence-electron chi connectivity index (χ3n) is 3.01. The van der Waals surface area contributed by atoms with Crippen molar-refractivity contribution in [3.8, 4) is 11.5 Å². The van der Waals surface area contributed by atoms with Crippen LogP contribution in [0.15, 0.2) is 12.1 Å². The van der Waals surface area contributed by atoms with Gasteiger partial charge in [0, 0.05) is 19.2 Å². The first kappa shape index (κ1) is 20.5. The van der Waals surface area contributed by atoms with Gasteiger partial charge in [-0.3, -0.25) is 14.4 Å². The molecule has 0 unspecified atom stereocenters. The number of rotatable bonds is 10. The average Bonchev–Trinajstić information content (AvgIpc) is 2.55. The zero-order valence-corrected chi connectivity index (χ0v) is 14.5. The van der Waals surface area contributed by atoms with E-state index in [0.717, 1.165) is 4.90 Å². The van der Waals surface area contributed by atoms with Crippen molar-refractivity contribution in [3.05, 3.63) is 22.7 Å². The third kappa shape index (κ3) is 6.12. The van der Waals surface area contributed by atoms with Crippen LogP contribution in [0.4, 0.5) is 0 Å². The molecule has 9 nitrogen and oxygen atoms in total. The van der Waals surface area contributed by atoms with E-state index in [-0.39, 0.29) is 35.2 Å². The van der Waals surface area contributed by atoms with E-state index in [0.29, 0.717) is 0 Å². The summed E-state index contributed by atoms with van der Waals surface area (Å²) >= 11 is 6.09. The van der Waals surface area contributed by atoms with Gasteiger partial charge in [0.2, 0.25) is 0 Å². The minimum absolute atomic E-state index is 0.0194. The molecule has 0 heterocycles. The zero-order chi connectivity index (χ0) is 19.0. The molecule has 0 aliphatic heterocycles. The molecule has 0 atom stereocenters. The number of carboxylic acids is 1. The number of nitrogens with zero attached hydrogens (tertiary/aromatic N) is 1. The fraction of sp³-hybridized carbons (Fsp3) is 0.400. The summed E-state index contributed by atoms with van der Waals surface area (Å²) in [5, 5.41) is 8.97. The lowest BCUT2D eigenvalue weighted by atomic mass is 10.1. The number of nitrogens with two attached hydrogens (primary N) is 1. The van der Waals surface area contributed by atoms with Crippen molar-refractivity contribution in [2.24, 2.45) is 5.73 Å². The van der Waals surface area contributed by atoms with Crippen LogP contribution in [-0.4, -0.2) is 68.3 Å². The van der Waals surface area contributed by atoms with E-state index in [4.69, 9.17) is 36.7 Å². The predicted molar refractivity (Wildman–Crippen MR) is 88.1 cm³/mol. The molecule has 3 N–H and O–H groups in total. The Morgan fingerprint density at radius 3 is 2.48 bits per heavy atom. The quantitative estimate of drug-likeness (QED) is 0.606. The first-order valence-corrected chi connectivity index (χ1v) is 7.46. The maximum Gasteiger partial charge on any atom is 0.323 e. The number of hydrogen-bond acceptors (Lipinski definition) is 6. The largest absolute Gasteiger partial charge is 0.493 e. The van der Waals surface area contributed by atoms with Gasteiger partial charge in [0.25, 0.3) is 11.8 Å². The highest BCUT2D eigenvalue weighted by atomic mass is 35.5. The highest BCUT2D eigenvalue weighted by Crippen LogP contribution is 2.36. The maximum absolute atomic E-state index is 12.6. The fourth-order valence-corrected chi connectivity index (χ4v) is 2.19. The van der Waals surface area contributed by atoms with Gasteiger partial charge < -0.3 is 30.0 Å². The Labute approximate surface area is 149 Å². The molecule has 0 fully saturated rings. The molecule has 0 spiro atoms. The van der Waals surface area contributed by atoms with Gasteiger partial charge in [0.15, 0.2) is 18.1 Å². The Morgan fingerprint density at radius 2 is 1.96 bits per heavy atom. The van der Waals surface area contributed by atoms with Crippen LogP contribution in [0.1, 0.15) is 10.4 Å². The minimum atomic E-state index is -1.16. The summed E-state index contributed by atoms with van der Waals surface area (Å²) in [7, 11) is 2.77. The molecule has 1 aromatic carbocycles. The van der Waals surface area contributed by atoms with E-state index >= 15 is 0 Å². The average molecular weight is 375 g/mol. The highest BCUT2D eigenvalue weighted by Gasteiger charge is 2.22. The fourth-order valence-electron chi connectivity index (χ4n) is 1.93. The number of primary amides is 1. The molecule has 0 saturated heterocycles. The standard InChI is InChI=1S/C15H19ClN2O7/c1-23-4-3-18(7-13(20)21)15(22)9-5-10(16)14(11(6-9)24-2)25-8-12(17)19/h5-6H,3-4,7-8H2,1-2H3,(H2,17,19)(H,20,21). The third-order valence-corrected chi connectivity index (χ3v) is 3.29. The smallest absolute Gasteiger partial charge is 0.323 e. The first-order valence-electron chi connectivity index (χ1n) is 7.08. The van der Waals surface area contributed by atoms with Gasteiger partial charge in [0.05, 0.1) is 18.7 Å². The highest BCUT2D eigenvalue weighted by molar-refractivity contribution is 6.32. The molecule has 0 aliphatic carbocycles. The molecular formula is C15H19ClN2O7. The summed E-state index contributed by atoms with van der Waals surface area (Å²) in [5.41, 5.74) is 5.12. The molecular weight excluding hydrogens is 356 g/mol. The van der Waals surface area contributed by atoms with E-state index < -0.39 is 30.9 Å². The number of benzene rings is 1. The van der Waals surface area contributed by atoms with Gasteiger partial charge in [-0.25, -0.2) is 0 Å². The Hall–Kier alpha value is -2.52. The van der Waals surface area contributed by atoms with Crippen LogP contribution in [-0.2, 0) is 14.3 Å². The van der Waals surface area contributed by atoms with Crippen LogP contribution in [0.5, 0.6) is 11.5 Å². The Balaban J connectivity index is 3.13. The van der Waals surface area contributed by atoms with Crippen LogP contribution in [0, 0.1) is 0 Å². The second-order valence-electron chi connectivity index (χ2n) is 4.86. The molecule has 0 radical (unpaired) electrons. The van der Waals surface area contributed by atoms with Crippen LogP contribution in [0.25, 0.3) is 0 Å². The summed E-state index contributed by atoms with van der Waals surface area (Å²) in [5.74, 6) is -2.27. The number of amides is 2. The van der Waals surface area contributed by atoms with Crippen molar-refractivity contribution in [1.29, 1.82) is 0 Å². The number of carboxylic acid groups (broad SMARTS) is 1. The lowest BCUT2D eigenvalue weighted by Gasteiger charge is -2.21. The summed E-state index contributed by atoms with van der Waals surface area (Å²) in [6, 6.07) is 2.64. The lowest BCUT2D eigenvalue weighted by molar-refractivity contribution is -0.137. The summed E-state index contributed by atoms with van der Waals surface area (Å²) in [6.07, 6.45) is 0. The Kier molecular flexibility index (Phi) is 7.96. The van der Waals surface area contributed by atoms with Crippen molar-refractivity contribution in [2.75, 3.05) is 40.5 Å². The van der Waals surface area contributed by atoms with Crippen molar-refractivity contribution < 1.29 is 33.7 Å². The van der Waals surface area contributed by atoms with Crippen molar-refractivity contribution in [2.45, 2.75) is 0 Å². The van der Waals surface area contributed by atoms with E-state index in [1.54, 1.807) is 0 Å². The van der Waals surface area contributed by atoms with E-state index in [1.807, 2.05) is 0 Å². The topological polar surface area (TPSA) is 128 Å². The van der Waals surface area contributed by atoms with E-state index in [2.05, 4.69) is 0 Å². The van der Waals surface area contributed by atoms with Crippen molar-refractivity contribution >= 4 is 29.4 Å². The Bertz CT molecular complexity index is 651. The van der Waals surface area contributed by atoms with E-state index in [9.17, 15) is 14.4 Å². The number of aliphatic carboxylic acids is 1. The normalized spacial score (nSPS) is 10.2. The minimum Gasteiger partial charge on any atom is -0.493 e. The van der Waals surface area contributed by atoms with Gasteiger partial charge in [0.1, 0.15) is 6.54 Å². The summed E-state index contributed by atoms with van der Waals surface area (Å²) in [6.45, 7) is -0.657. The van der Waals surface area contributed by atoms with Gasteiger partial charge in [-0.2, -0.15) is 0 Å². The second kappa shape index (κ2) is 9.70. The van der Waals surface area contributed by atoms with Crippen LogP contribution < -0.4 is 15.2 Å². The van der Waals surface area contributed by atoms with Crippen LogP contribution >= 0.6 is 11.6 Å². The second-order valence-corrected chi connectivity index (χ2v) is 5.26. The molecule has 0 aromatic heterocycles. The van der Waals surface area contributed by atoms with Crippen molar-refractivity contribution in [3.63, 3.8) is 0 Å². The van der Waals surface area contributed by atoms with Crippen LogP contribution in [0.3, 0.4) is 0 Å². The molecule has 10 heteroatoms. The maximum atomic E-state index is 12.6. The molecule has 0 aliphatic rings. The number of halogens is 1. The summed E-state index contributed by atoms with van der Waals surface area (Å²) in [4.78, 5) is 35.4. The molecule has 1 aromatic rings. The van der Waals surface area contributed by atoms with E-state index in [1.165, 1.54) is 26.4 Å². The number of methoxy groups -OCH3 is 2. The number of hydrogen-bond donors (Lipinski definition) is 2. The monoisotopic (exact) mass is 374 g/mol. The molecule has 1 rings (SSSR count). The number of ether oxygens (including phenoxy) is 3. The molecule has 0 saturated carbocycles. The van der Waals surface area contributed by atoms with Gasteiger partial charge in [-0.1, -0.05) is 11.6 Å². The molecule has 2 amide bonds. The Morgan fingerprint density at radius 1 is 1.28 bits per heavy atom. The predicted octanol–water partition coefficient (Wildman–Crippen LogP) is 0.386. The first-order chi connectivity index (χ1) is 11.8. The van der Waals surface area contributed by atoms with Gasteiger partial charge >= 0.3 is 5.97 Å². The number of carbonyl (C=O) groups is 3. The molecule has 25 heavy (non-hydrogen) atoms. The van der Waals surface area contributed by atoms with Gasteiger partial charge in [-0.15, -0.1) is 0 Å². The molecule has 0 bridgehead atoms. The molecule has 138 valence electrons. The SMILES string of the molecule is COCCN(CC(=O)O)C(=O)c1cc(Cl)c(OCC(N)=O)c(OC)c1. The van der Waals surface area contributed by atoms with Gasteiger partial charge in [-0.05, 0) is 12.1 Å². The lowest BCUT2D eigenvalue weighted by Crippen LogP contribution is -2.38. The number of carbonyl (C=O) groups excluding carboxylic acids is 2. The van der Waals surface area contributed by atoms with Crippen molar-refractivity contribution in [1.82, 2.24) is 4.90 Å². The summed E-state index contributed by atoms with van der Waals surface area (Å²) < 4.78 is 15.2. The van der Waals surface area contributed by atoms with Crippen LogP contribution in [0.2, 0.25) is 5.02 Å². The zero-order valence-electron chi connectivity index (χ0n) is 13.8.